The summed E-state index contributed by atoms with van der Waals surface area (Å²) in [4.78, 5) is 2.18. The predicted octanol–water partition coefficient (Wildman–Crippen LogP) is 3.84. The molecule has 2 aromatic carbocycles. The first-order chi connectivity index (χ1) is 11.1. The number of aromatic hydroxyl groups is 1. The summed E-state index contributed by atoms with van der Waals surface area (Å²) >= 11 is 5.88. The van der Waals surface area contributed by atoms with E-state index >= 15 is 0 Å². The molecular formula is C19H20ClNO2. The highest BCUT2D eigenvalue weighted by molar-refractivity contribution is 6.32. The van der Waals surface area contributed by atoms with Crippen molar-refractivity contribution in [3.05, 3.63) is 64.2 Å². The predicted molar refractivity (Wildman–Crippen MR) is 90.7 cm³/mol. The highest BCUT2D eigenvalue weighted by atomic mass is 35.5. The zero-order chi connectivity index (χ0) is 16.0. The summed E-state index contributed by atoms with van der Waals surface area (Å²) in [5.41, 5.74) is 3.54. The quantitative estimate of drug-likeness (QED) is 0.879. The molecule has 0 spiro atoms. The second-order valence-corrected chi connectivity index (χ2v) is 6.95. The molecule has 4 heteroatoms. The number of piperidine rings is 1. The molecule has 0 aromatic heterocycles. The highest BCUT2D eigenvalue weighted by Crippen LogP contribution is 2.44. The minimum absolute atomic E-state index is 0.0199. The van der Waals surface area contributed by atoms with Gasteiger partial charge in [-0.25, -0.2) is 0 Å². The van der Waals surface area contributed by atoms with E-state index < -0.39 is 6.23 Å². The maximum atomic E-state index is 10.9. The number of halogens is 1. The Bertz CT molecular complexity index is 733. The zero-order valence-corrected chi connectivity index (χ0v) is 13.6. The third-order valence-electron chi connectivity index (χ3n) is 5.29. The van der Waals surface area contributed by atoms with Gasteiger partial charge < -0.3 is 10.2 Å². The number of likely N-dealkylation sites (tertiary alicyclic amines) is 1. The lowest BCUT2D eigenvalue weighted by atomic mass is 9.88. The van der Waals surface area contributed by atoms with Crippen LogP contribution < -0.4 is 0 Å². The molecular weight excluding hydrogens is 310 g/mol. The standard InChI is InChI=1S/C19H20ClNO2/c20-16-8-7-13(11-18(16)22)19(23)21-9-3-6-15-14-5-2-1-4-12(14)10-17(15)21/h1-2,4-5,7-8,11,15,17,19,22-23H,3,6,9-10H2. The molecule has 1 aliphatic heterocycles. The fourth-order valence-electron chi connectivity index (χ4n) is 4.20. The SMILES string of the molecule is Oc1cc(C(O)N2CCCC3c4ccccc4CC32)ccc1Cl. The number of benzene rings is 2. The van der Waals surface area contributed by atoms with E-state index in [1.807, 2.05) is 0 Å². The van der Waals surface area contributed by atoms with Crippen molar-refractivity contribution in [2.45, 2.75) is 37.5 Å². The summed E-state index contributed by atoms with van der Waals surface area (Å²) in [5.74, 6) is 0.516. The Morgan fingerprint density at radius 3 is 2.83 bits per heavy atom. The van der Waals surface area contributed by atoms with Crippen molar-refractivity contribution in [2.24, 2.45) is 0 Å². The number of rotatable bonds is 2. The molecule has 3 atom stereocenters. The number of aliphatic hydroxyl groups excluding tert-OH is 1. The lowest BCUT2D eigenvalue weighted by Gasteiger charge is -2.41. The Kier molecular flexibility index (Phi) is 3.80. The van der Waals surface area contributed by atoms with Crippen molar-refractivity contribution in [2.75, 3.05) is 6.54 Å². The topological polar surface area (TPSA) is 43.7 Å². The van der Waals surface area contributed by atoms with Gasteiger partial charge in [-0.2, -0.15) is 0 Å². The number of phenols is 1. The Morgan fingerprint density at radius 2 is 2.00 bits per heavy atom. The molecule has 23 heavy (non-hydrogen) atoms. The molecule has 1 saturated heterocycles. The van der Waals surface area contributed by atoms with Gasteiger partial charge in [0, 0.05) is 18.5 Å². The number of aliphatic hydroxyl groups is 1. The molecule has 1 heterocycles. The van der Waals surface area contributed by atoms with Crippen molar-refractivity contribution >= 4 is 11.6 Å². The Morgan fingerprint density at radius 1 is 1.17 bits per heavy atom. The lowest BCUT2D eigenvalue weighted by Crippen LogP contribution is -2.44. The molecule has 2 N–H and O–H groups in total. The molecule has 0 saturated carbocycles. The van der Waals surface area contributed by atoms with E-state index in [4.69, 9.17) is 11.6 Å². The van der Waals surface area contributed by atoms with Crippen LogP contribution >= 0.6 is 11.6 Å². The largest absolute Gasteiger partial charge is 0.506 e. The second kappa shape index (κ2) is 5.82. The highest BCUT2D eigenvalue weighted by Gasteiger charge is 2.41. The van der Waals surface area contributed by atoms with Crippen LogP contribution in [0.4, 0.5) is 0 Å². The van der Waals surface area contributed by atoms with Crippen molar-refractivity contribution in [1.29, 1.82) is 0 Å². The van der Waals surface area contributed by atoms with Gasteiger partial charge in [-0.15, -0.1) is 0 Å². The van der Waals surface area contributed by atoms with Crippen LogP contribution in [0.3, 0.4) is 0 Å². The van der Waals surface area contributed by atoms with Crippen LogP contribution in [0.1, 0.15) is 41.7 Å². The smallest absolute Gasteiger partial charge is 0.134 e. The summed E-state index contributed by atoms with van der Waals surface area (Å²) in [6.45, 7) is 0.875. The Labute approximate surface area is 141 Å². The number of fused-ring (bicyclic) bond motifs is 3. The Balaban J connectivity index is 1.63. The molecule has 1 aliphatic carbocycles. The van der Waals surface area contributed by atoms with E-state index in [2.05, 4.69) is 29.2 Å². The zero-order valence-electron chi connectivity index (χ0n) is 12.8. The molecule has 1 fully saturated rings. The van der Waals surface area contributed by atoms with Gasteiger partial charge in [-0.05, 0) is 48.1 Å². The van der Waals surface area contributed by atoms with Crippen molar-refractivity contribution < 1.29 is 10.2 Å². The van der Waals surface area contributed by atoms with Crippen LogP contribution in [0.25, 0.3) is 0 Å². The average molecular weight is 330 g/mol. The van der Waals surface area contributed by atoms with Crippen LogP contribution in [0, 0.1) is 0 Å². The molecule has 120 valence electrons. The van der Waals surface area contributed by atoms with E-state index in [-0.39, 0.29) is 5.75 Å². The molecule has 2 aliphatic rings. The summed E-state index contributed by atoms with van der Waals surface area (Å²) in [5, 5.41) is 21.0. The number of phenolic OH excluding ortho intramolecular Hbond substituents is 1. The van der Waals surface area contributed by atoms with Crippen LogP contribution in [0.5, 0.6) is 5.75 Å². The van der Waals surface area contributed by atoms with Gasteiger partial charge in [0.1, 0.15) is 12.0 Å². The minimum Gasteiger partial charge on any atom is -0.506 e. The number of hydrogen-bond donors (Lipinski definition) is 2. The van der Waals surface area contributed by atoms with E-state index in [0.29, 0.717) is 22.5 Å². The maximum absolute atomic E-state index is 10.9. The molecule has 3 nitrogen and oxygen atoms in total. The van der Waals surface area contributed by atoms with Crippen LogP contribution in [0.15, 0.2) is 42.5 Å². The van der Waals surface area contributed by atoms with Crippen LogP contribution in [0.2, 0.25) is 5.02 Å². The fraction of sp³-hybridized carbons (Fsp3) is 0.368. The second-order valence-electron chi connectivity index (χ2n) is 6.54. The van der Waals surface area contributed by atoms with Gasteiger partial charge in [0.25, 0.3) is 0 Å². The lowest BCUT2D eigenvalue weighted by molar-refractivity contribution is -0.0465. The van der Waals surface area contributed by atoms with E-state index in [1.54, 1.807) is 18.2 Å². The van der Waals surface area contributed by atoms with E-state index in [1.165, 1.54) is 17.5 Å². The molecule has 0 amide bonds. The first-order valence-electron chi connectivity index (χ1n) is 8.15. The number of nitrogens with zero attached hydrogens (tertiary/aromatic N) is 1. The summed E-state index contributed by atoms with van der Waals surface area (Å²) in [7, 11) is 0. The first-order valence-corrected chi connectivity index (χ1v) is 8.53. The molecule has 0 radical (unpaired) electrons. The van der Waals surface area contributed by atoms with Gasteiger partial charge in [0.2, 0.25) is 0 Å². The molecule has 4 rings (SSSR count). The van der Waals surface area contributed by atoms with Gasteiger partial charge in [-0.3, -0.25) is 4.90 Å². The third-order valence-corrected chi connectivity index (χ3v) is 5.61. The van der Waals surface area contributed by atoms with Crippen molar-refractivity contribution in [3.63, 3.8) is 0 Å². The molecule has 2 aromatic rings. The average Bonchev–Trinajstić information content (AvgIpc) is 2.95. The Hall–Kier alpha value is -1.55. The van der Waals surface area contributed by atoms with Gasteiger partial charge in [-0.1, -0.05) is 41.9 Å². The number of hydrogen-bond acceptors (Lipinski definition) is 3. The minimum atomic E-state index is -0.708. The normalized spacial score (nSPS) is 25.0. The maximum Gasteiger partial charge on any atom is 0.134 e. The van der Waals surface area contributed by atoms with Crippen LogP contribution in [-0.4, -0.2) is 27.7 Å². The first kappa shape index (κ1) is 15.0. The fourth-order valence-corrected chi connectivity index (χ4v) is 4.32. The van der Waals surface area contributed by atoms with Gasteiger partial charge in [0.05, 0.1) is 5.02 Å². The summed E-state index contributed by atoms with van der Waals surface area (Å²) in [6, 6.07) is 13.9. The van der Waals surface area contributed by atoms with Gasteiger partial charge in [0.15, 0.2) is 0 Å². The summed E-state index contributed by atoms with van der Waals surface area (Å²) in [6.07, 6.45) is 2.53. The monoisotopic (exact) mass is 329 g/mol. The van der Waals surface area contributed by atoms with Crippen molar-refractivity contribution in [1.82, 2.24) is 4.90 Å². The van der Waals surface area contributed by atoms with Crippen LogP contribution in [-0.2, 0) is 6.42 Å². The van der Waals surface area contributed by atoms with Crippen molar-refractivity contribution in [3.8, 4) is 5.75 Å². The third kappa shape index (κ3) is 2.53. The van der Waals surface area contributed by atoms with E-state index in [0.717, 1.165) is 19.4 Å². The molecule has 0 bridgehead atoms. The van der Waals surface area contributed by atoms with E-state index in [9.17, 15) is 10.2 Å². The summed E-state index contributed by atoms with van der Waals surface area (Å²) < 4.78 is 0. The van der Waals surface area contributed by atoms with Gasteiger partial charge >= 0.3 is 0 Å². The molecule has 3 unspecified atom stereocenters.